The number of carbonyl (C=O) groups excluding carboxylic acids is 2. The Morgan fingerprint density at radius 3 is 2.72 bits per heavy atom. The largest absolute Gasteiger partial charge is 0.496 e. The first-order valence-corrected chi connectivity index (χ1v) is 10.1. The zero-order valence-corrected chi connectivity index (χ0v) is 16.4. The van der Waals surface area contributed by atoms with Gasteiger partial charge < -0.3 is 10.1 Å². The van der Waals surface area contributed by atoms with Crippen molar-refractivity contribution in [2.75, 3.05) is 12.9 Å². The van der Waals surface area contributed by atoms with Gasteiger partial charge in [-0.15, -0.1) is 11.8 Å². The Bertz CT molecular complexity index is 617. The number of amides is 1. The molecule has 1 N–H and O–H groups in total. The molecular formula is C20H29NO3S. The van der Waals surface area contributed by atoms with Gasteiger partial charge >= 0.3 is 0 Å². The minimum Gasteiger partial charge on any atom is -0.496 e. The highest BCUT2D eigenvalue weighted by Gasteiger charge is 2.27. The molecule has 138 valence electrons. The summed E-state index contributed by atoms with van der Waals surface area (Å²) in [5.41, 5.74) is 1.62. The Morgan fingerprint density at radius 1 is 1.28 bits per heavy atom. The van der Waals surface area contributed by atoms with Gasteiger partial charge in [-0.3, -0.25) is 9.59 Å². The van der Waals surface area contributed by atoms with Crippen molar-refractivity contribution in [1.29, 1.82) is 0 Å². The lowest BCUT2D eigenvalue weighted by Gasteiger charge is -2.34. The van der Waals surface area contributed by atoms with Crippen molar-refractivity contribution in [1.82, 2.24) is 5.32 Å². The highest BCUT2D eigenvalue weighted by molar-refractivity contribution is 7.99. The molecule has 1 amide bonds. The zero-order valence-electron chi connectivity index (χ0n) is 15.6. The predicted octanol–water partition coefficient (Wildman–Crippen LogP) is 4.07. The van der Waals surface area contributed by atoms with E-state index in [-0.39, 0.29) is 11.7 Å². The summed E-state index contributed by atoms with van der Waals surface area (Å²) in [6.07, 6.45) is 3.53. The fourth-order valence-corrected chi connectivity index (χ4v) is 4.21. The summed E-state index contributed by atoms with van der Waals surface area (Å²) in [5.74, 6) is 3.16. The lowest BCUT2D eigenvalue weighted by molar-refractivity contribution is -0.120. The molecule has 1 aromatic rings. The van der Waals surface area contributed by atoms with Gasteiger partial charge in [0.15, 0.2) is 5.78 Å². The molecular weight excluding hydrogens is 334 g/mol. The van der Waals surface area contributed by atoms with Crippen molar-refractivity contribution >= 4 is 23.5 Å². The molecule has 1 aliphatic carbocycles. The second kappa shape index (κ2) is 9.27. The SMILES string of the molecule is COc1ccc(C(C)=O)cc1CSCC(=O)N[C@H]1CCC[C@@H](C)[C@H]1C. The molecule has 1 aromatic carbocycles. The van der Waals surface area contributed by atoms with Gasteiger partial charge in [-0.1, -0.05) is 26.7 Å². The second-order valence-electron chi connectivity index (χ2n) is 7.02. The smallest absolute Gasteiger partial charge is 0.230 e. The van der Waals surface area contributed by atoms with Crippen molar-refractivity contribution in [2.45, 2.75) is 51.8 Å². The third-order valence-corrected chi connectivity index (χ3v) is 6.21. The monoisotopic (exact) mass is 363 g/mol. The van der Waals surface area contributed by atoms with Crippen LogP contribution in [0.2, 0.25) is 0 Å². The first-order chi connectivity index (χ1) is 11.9. The average molecular weight is 364 g/mol. The van der Waals surface area contributed by atoms with E-state index in [0.717, 1.165) is 17.7 Å². The summed E-state index contributed by atoms with van der Waals surface area (Å²) < 4.78 is 5.36. The van der Waals surface area contributed by atoms with E-state index in [0.29, 0.717) is 34.9 Å². The summed E-state index contributed by atoms with van der Waals surface area (Å²) in [6, 6.07) is 5.75. The molecule has 2 rings (SSSR count). The number of benzene rings is 1. The van der Waals surface area contributed by atoms with Crippen LogP contribution in [0.1, 0.15) is 56.0 Å². The van der Waals surface area contributed by atoms with Gasteiger partial charge in [-0.25, -0.2) is 0 Å². The number of nitrogens with one attached hydrogen (secondary N) is 1. The average Bonchev–Trinajstić information content (AvgIpc) is 2.58. The van der Waals surface area contributed by atoms with Crippen LogP contribution in [-0.2, 0) is 10.5 Å². The third-order valence-electron chi connectivity index (χ3n) is 5.23. The van der Waals surface area contributed by atoms with E-state index in [9.17, 15) is 9.59 Å². The van der Waals surface area contributed by atoms with Crippen LogP contribution in [-0.4, -0.2) is 30.6 Å². The lowest BCUT2D eigenvalue weighted by atomic mass is 9.78. The number of hydrogen-bond donors (Lipinski definition) is 1. The number of rotatable bonds is 7. The topological polar surface area (TPSA) is 55.4 Å². The number of thioether (sulfide) groups is 1. The Balaban J connectivity index is 1.86. The fraction of sp³-hybridized carbons (Fsp3) is 0.600. The van der Waals surface area contributed by atoms with Crippen LogP contribution >= 0.6 is 11.8 Å². The molecule has 0 aliphatic heterocycles. The molecule has 5 heteroatoms. The van der Waals surface area contributed by atoms with Gasteiger partial charge in [0.25, 0.3) is 0 Å². The van der Waals surface area contributed by atoms with Gasteiger partial charge in [-0.2, -0.15) is 0 Å². The Kier molecular flexibility index (Phi) is 7.36. The first kappa shape index (κ1) is 19.8. The number of hydrogen-bond acceptors (Lipinski definition) is 4. The number of ether oxygens (including phenoxy) is 1. The molecule has 1 aliphatic rings. The summed E-state index contributed by atoms with van der Waals surface area (Å²) in [7, 11) is 1.62. The van der Waals surface area contributed by atoms with Crippen molar-refractivity contribution in [3.8, 4) is 5.75 Å². The van der Waals surface area contributed by atoms with E-state index in [2.05, 4.69) is 19.2 Å². The fourth-order valence-electron chi connectivity index (χ4n) is 3.40. The van der Waals surface area contributed by atoms with E-state index < -0.39 is 0 Å². The van der Waals surface area contributed by atoms with E-state index in [4.69, 9.17) is 4.74 Å². The van der Waals surface area contributed by atoms with E-state index in [1.54, 1.807) is 31.9 Å². The molecule has 0 radical (unpaired) electrons. The van der Waals surface area contributed by atoms with Crippen molar-refractivity contribution in [3.05, 3.63) is 29.3 Å². The van der Waals surface area contributed by atoms with Crippen molar-refractivity contribution < 1.29 is 14.3 Å². The van der Waals surface area contributed by atoms with Crippen LogP contribution in [0.4, 0.5) is 0 Å². The molecule has 25 heavy (non-hydrogen) atoms. The summed E-state index contributed by atoms with van der Waals surface area (Å²) in [4.78, 5) is 23.8. The number of Topliss-reactive ketones (excluding diaryl/α,β-unsaturated/α-hetero) is 1. The Hall–Kier alpha value is -1.49. The second-order valence-corrected chi connectivity index (χ2v) is 8.00. The normalized spacial score (nSPS) is 23.1. The van der Waals surface area contributed by atoms with Gasteiger partial charge in [0.05, 0.1) is 12.9 Å². The number of methoxy groups -OCH3 is 1. The molecule has 0 spiro atoms. The number of carbonyl (C=O) groups is 2. The number of ketones is 1. The molecule has 1 saturated carbocycles. The molecule has 3 atom stereocenters. The maximum atomic E-state index is 12.3. The lowest BCUT2D eigenvalue weighted by Crippen LogP contribution is -2.44. The van der Waals surface area contributed by atoms with Crippen molar-refractivity contribution in [2.24, 2.45) is 11.8 Å². The van der Waals surface area contributed by atoms with Crippen LogP contribution in [0.5, 0.6) is 5.75 Å². The third kappa shape index (κ3) is 5.50. The quantitative estimate of drug-likeness (QED) is 0.742. The molecule has 0 bridgehead atoms. The molecule has 0 aromatic heterocycles. The molecule has 1 fully saturated rings. The Labute approximate surface area is 155 Å². The van der Waals surface area contributed by atoms with Crippen LogP contribution in [0.3, 0.4) is 0 Å². The Morgan fingerprint density at radius 2 is 2.04 bits per heavy atom. The predicted molar refractivity (Wildman–Crippen MR) is 103 cm³/mol. The van der Waals surface area contributed by atoms with E-state index in [1.165, 1.54) is 12.8 Å². The summed E-state index contributed by atoms with van der Waals surface area (Å²) in [6.45, 7) is 6.06. The van der Waals surface area contributed by atoms with Gasteiger partial charge in [0.2, 0.25) is 5.91 Å². The maximum absolute atomic E-state index is 12.3. The van der Waals surface area contributed by atoms with Crippen molar-refractivity contribution in [3.63, 3.8) is 0 Å². The van der Waals surface area contributed by atoms with Gasteiger partial charge in [-0.05, 0) is 43.4 Å². The summed E-state index contributed by atoms with van der Waals surface area (Å²) in [5, 5.41) is 3.20. The van der Waals surface area contributed by atoms with Crippen LogP contribution < -0.4 is 10.1 Å². The minimum absolute atomic E-state index is 0.0343. The maximum Gasteiger partial charge on any atom is 0.230 e. The van der Waals surface area contributed by atoms with E-state index in [1.807, 2.05) is 12.1 Å². The van der Waals surface area contributed by atoms with Gasteiger partial charge in [0.1, 0.15) is 5.75 Å². The highest BCUT2D eigenvalue weighted by Crippen LogP contribution is 2.30. The molecule has 0 saturated heterocycles. The highest BCUT2D eigenvalue weighted by atomic mass is 32.2. The molecule has 0 unspecified atom stereocenters. The molecule has 4 nitrogen and oxygen atoms in total. The summed E-state index contributed by atoms with van der Waals surface area (Å²) >= 11 is 1.55. The van der Waals surface area contributed by atoms with E-state index >= 15 is 0 Å². The molecule has 0 heterocycles. The van der Waals surface area contributed by atoms with Crippen LogP contribution in [0.25, 0.3) is 0 Å². The standard InChI is InChI=1S/C20H29NO3S/c1-13-6-5-7-18(14(13)2)21-20(23)12-25-11-17-10-16(15(3)22)8-9-19(17)24-4/h8-10,13-14,18H,5-7,11-12H2,1-4H3,(H,21,23)/t13-,14-,18+/m1/s1. The zero-order chi connectivity index (χ0) is 18.4. The van der Waals surface area contributed by atoms with Gasteiger partial charge in [0, 0.05) is 22.9 Å². The van der Waals surface area contributed by atoms with Crippen LogP contribution in [0.15, 0.2) is 18.2 Å². The van der Waals surface area contributed by atoms with Crippen LogP contribution in [0, 0.1) is 11.8 Å². The first-order valence-electron chi connectivity index (χ1n) is 8.97. The minimum atomic E-state index is 0.0343.